The van der Waals surface area contributed by atoms with E-state index in [0.29, 0.717) is 11.6 Å². The number of fused-ring (bicyclic) bond motifs is 1. The smallest absolute Gasteiger partial charge is 0.254 e. The van der Waals surface area contributed by atoms with Crippen molar-refractivity contribution in [2.75, 3.05) is 39.4 Å². The van der Waals surface area contributed by atoms with E-state index in [2.05, 4.69) is 25.2 Å². The van der Waals surface area contributed by atoms with E-state index in [-0.39, 0.29) is 5.91 Å². The molecule has 2 aliphatic rings. The van der Waals surface area contributed by atoms with Crippen LogP contribution in [-0.4, -0.2) is 76.6 Å². The molecule has 7 heteroatoms. The lowest BCUT2D eigenvalue weighted by atomic mass is 9.97. The van der Waals surface area contributed by atoms with Gasteiger partial charge in [0.25, 0.3) is 5.91 Å². The summed E-state index contributed by atoms with van der Waals surface area (Å²) in [4.78, 5) is 17.6. The van der Waals surface area contributed by atoms with Crippen LogP contribution in [0.2, 0.25) is 0 Å². The highest BCUT2D eigenvalue weighted by atomic mass is 16.5. The van der Waals surface area contributed by atoms with Gasteiger partial charge in [-0.25, -0.2) is 0 Å². The summed E-state index contributed by atoms with van der Waals surface area (Å²) in [6.07, 6.45) is 4.44. The number of likely N-dealkylation sites (tertiary alicyclic amines) is 1. The van der Waals surface area contributed by atoms with Crippen molar-refractivity contribution in [1.82, 2.24) is 25.2 Å². The molecule has 0 unspecified atom stereocenters. The van der Waals surface area contributed by atoms with Crippen molar-refractivity contribution in [2.24, 2.45) is 0 Å². The van der Waals surface area contributed by atoms with Gasteiger partial charge in [0.05, 0.1) is 13.2 Å². The van der Waals surface area contributed by atoms with Crippen molar-refractivity contribution in [2.45, 2.75) is 31.7 Å². The largest absolute Gasteiger partial charge is 0.379 e. The molecule has 1 aromatic heterocycles. The molecule has 2 fully saturated rings. The van der Waals surface area contributed by atoms with E-state index in [1.807, 2.05) is 18.2 Å². The second-order valence-corrected chi connectivity index (χ2v) is 6.92. The number of benzene rings is 1. The van der Waals surface area contributed by atoms with Crippen molar-refractivity contribution in [3.05, 3.63) is 23.8 Å². The Balaban J connectivity index is 1.44. The van der Waals surface area contributed by atoms with Crippen LogP contribution in [0.3, 0.4) is 0 Å². The second-order valence-electron chi connectivity index (χ2n) is 6.92. The van der Waals surface area contributed by atoms with Crippen LogP contribution in [0.4, 0.5) is 0 Å². The first-order valence-corrected chi connectivity index (χ1v) is 9.23. The number of amides is 1. The van der Waals surface area contributed by atoms with Gasteiger partial charge in [-0.2, -0.15) is 15.4 Å². The summed E-state index contributed by atoms with van der Waals surface area (Å²) in [5, 5.41) is 10.8. The Morgan fingerprint density at radius 1 is 1.16 bits per heavy atom. The van der Waals surface area contributed by atoms with Crippen molar-refractivity contribution in [3.63, 3.8) is 0 Å². The molecule has 2 aromatic rings. The zero-order valence-corrected chi connectivity index (χ0v) is 14.5. The van der Waals surface area contributed by atoms with E-state index in [0.717, 1.165) is 69.7 Å². The van der Waals surface area contributed by atoms with Gasteiger partial charge in [-0.15, -0.1) is 0 Å². The third-order valence-electron chi connectivity index (χ3n) is 5.33. The number of aromatic amines is 1. The Kier molecular flexibility index (Phi) is 4.94. The van der Waals surface area contributed by atoms with Crippen LogP contribution in [-0.2, 0) is 4.74 Å². The van der Waals surface area contributed by atoms with Gasteiger partial charge >= 0.3 is 0 Å². The van der Waals surface area contributed by atoms with Crippen molar-refractivity contribution in [1.29, 1.82) is 0 Å². The summed E-state index contributed by atoms with van der Waals surface area (Å²) in [7, 11) is 0. The van der Waals surface area contributed by atoms with Crippen molar-refractivity contribution >= 4 is 16.9 Å². The number of piperidine rings is 1. The first-order chi connectivity index (χ1) is 12.3. The lowest BCUT2D eigenvalue weighted by molar-refractivity contribution is 0.0296. The van der Waals surface area contributed by atoms with Gasteiger partial charge in [0.2, 0.25) is 0 Å². The normalized spacial score (nSPS) is 22.4. The number of hydrogen-bond donors (Lipinski definition) is 1. The van der Waals surface area contributed by atoms with Crippen molar-refractivity contribution < 1.29 is 9.53 Å². The van der Waals surface area contributed by atoms with E-state index >= 15 is 0 Å². The molecule has 1 aromatic carbocycles. The minimum atomic E-state index is 0.122. The highest BCUT2D eigenvalue weighted by Gasteiger charge is 2.28. The van der Waals surface area contributed by atoms with Crippen LogP contribution in [0.15, 0.2) is 18.2 Å². The zero-order valence-electron chi connectivity index (χ0n) is 14.5. The average Bonchev–Trinajstić information content (AvgIpc) is 3.14. The minimum absolute atomic E-state index is 0.122. The zero-order chi connectivity index (χ0) is 17.1. The van der Waals surface area contributed by atoms with Gasteiger partial charge in [0, 0.05) is 37.8 Å². The quantitative estimate of drug-likeness (QED) is 0.914. The summed E-state index contributed by atoms with van der Waals surface area (Å²) in [6.45, 7) is 5.55. The lowest BCUT2D eigenvalue weighted by Crippen LogP contribution is -2.46. The summed E-state index contributed by atoms with van der Waals surface area (Å²) in [5.74, 6) is 0.122. The molecular formula is C18H25N5O2. The highest BCUT2D eigenvalue weighted by molar-refractivity contribution is 5.97. The van der Waals surface area contributed by atoms with E-state index in [9.17, 15) is 4.79 Å². The molecule has 0 radical (unpaired) electrons. The third-order valence-corrected chi connectivity index (χ3v) is 5.33. The van der Waals surface area contributed by atoms with Crippen LogP contribution < -0.4 is 0 Å². The van der Waals surface area contributed by atoms with Gasteiger partial charge in [-0.1, -0.05) is 0 Å². The molecule has 0 saturated carbocycles. The fourth-order valence-electron chi connectivity index (χ4n) is 3.86. The van der Waals surface area contributed by atoms with Gasteiger partial charge in [-0.05, 0) is 43.9 Å². The molecule has 1 amide bonds. The van der Waals surface area contributed by atoms with Gasteiger partial charge in [0.1, 0.15) is 11.0 Å². The second kappa shape index (κ2) is 7.49. The van der Waals surface area contributed by atoms with Gasteiger partial charge in [0.15, 0.2) is 0 Å². The number of H-pyrrole nitrogens is 1. The average molecular weight is 343 g/mol. The van der Waals surface area contributed by atoms with E-state index in [1.165, 1.54) is 6.42 Å². The SMILES string of the molecule is O=C(c1ccc2n[nH]nc2c1)N1CCCC[C@H]1CCN1CCOCC1. The molecule has 0 spiro atoms. The predicted octanol–water partition coefficient (Wildman–Crippen LogP) is 1.67. The molecule has 2 saturated heterocycles. The fourth-order valence-corrected chi connectivity index (χ4v) is 3.86. The number of hydrogen-bond acceptors (Lipinski definition) is 5. The van der Waals surface area contributed by atoms with Crippen LogP contribution in [0.1, 0.15) is 36.0 Å². The topological polar surface area (TPSA) is 74.4 Å². The summed E-state index contributed by atoms with van der Waals surface area (Å²) in [6, 6.07) is 5.89. The molecular weight excluding hydrogens is 318 g/mol. The number of ether oxygens (including phenoxy) is 1. The molecule has 1 N–H and O–H groups in total. The Hall–Kier alpha value is -1.99. The Morgan fingerprint density at radius 2 is 2.00 bits per heavy atom. The first kappa shape index (κ1) is 16.5. The maximum Gasteiger partial charge on any atom is 0.254 e. The molecule has 3 heterocycles. The van der Waals surface area contributed by atoms with Crippen LogP contribution in [0.5, 0.6) is 0 Å². The summed E-state index contributed by atoms with van der Waals surface area (Å²) >= 11 is 0. The number of morpholine rings is 1. The van der Waals surface area contributed by atoms with Crippen LogP contribution in [0.25, 0.3) is 11.0 Å². The maximum absolute atomic E-state index is 13.1. The van der Waals surface area contributed by atoms with Crippen LogP contribution >= 0.6 is 0 Å². The molecule has 25 heavy (non-hydrogen) atoms. The third kappa shape index (κ3) is 3.67. The lowest BCUT2D eigenvalue weighted by Gasteiger charge is -2.37. The van der Waals surface area contributed by atoms with Crippen molar-refractivity contribution in [3.8, 4) is 0 Å². The molecule has 0 aliphatic carbocycles. The molecule has 134 valence electrons. The number of aromatic nitrogens is 3. The van der Waals surface area contributed by atoms with E-state index < -0.39 is 0 Å². The number of nitrogens with one attached hydrogen (secondary N) is 1. The molecule has 4 rings (SSSR count). The maximum atomic E-state index is 13.1. The Labute approximate surface area is 147 Å². The molecule has 7 nitrogen and oxygen atoms in total. The number of nitrogens with zero attached hydrogens (tertiary/aromatic N) is 4. The molecule has 0 bridgehead atoms. The molecule has 2 aliphatic heterocycles. The van der Waals surface area contributed by atoms with Crippen LogP contribution in [0, 0.1) is 0 Å². The Bertz CT molecular complexity index is 725. The summed E-state index contributed by atoms with van der Waals surface area (Å²) < 4.78 is 5.42. The number of rotatable bonds is 4. The van der Waals surface area contributed by atoms with E-state index in [4.69, 9.17) is 4.74 Å². The first-order valence-electron chi connectivity index (χ1n) is 9.23. The summed E-state index contributed by atoms with van der Waals surface area (Å²) in [5.41, 5.74) is 2.24. The minimum Gasteiger partial charge on any atom is -0.379 e. The number of carbonyl (C=O) groups is 1. The van der Waals surface area contributed by atoms with E-state index in [1.54, 1.807) is 0 Å². The predicted molar refractivity (Wildman–Crippen MR) is 94.4 cm³/mol. The number of carbonyl (C=O) groups excluding carboxylic acids is 1. The van der Waals surface area contributed by atoms with Gasteiger partial charge in [-0.3, -0.25) is 9.69 Å². The monoisotopic (exact) mass is 343 g/mol. The fraction of sp³-hybridized carbons (Fsp3) is 0.611. The standard InChI is InChI=1S/C18H25N5O2/c24-18(14-4-5-16-17(13-14)20-21-19-16)23-7-2-1-3-15(23)6-8-22-9-11-25-12-10-22/h4-5,13,15H,1-3,6-12H2,(H,19,20,21)/t15-/m0/s1. The Morgan fingerprint density at radius 3 is 2.88 bits per heavy atom. The highest BCUT2D eigenvalue weighted by Crippen LogP contribution is 2.23. The molecule has 1 atom stereocenters. The van der Waals surface area contributed by atoms with Gasteiger partial charge < -0.3 is 9.64 Å².